The molecule has 2 aromatic heterocycles. The lowest BCUT2D eigenvalue weighted by Crippen LogP contribution is -2.04. The van der Waals surface area contributed by atoms with Crippen LogP contribution in [0.25, 0.3) is 0 Å². The molecular weight excluding hydrogens is 216 g/mol. The molecule has 0 saturated heterocycles. The van der Waals surface area contributed by atoms with Crippen molar-refractivity contribution in [2.45, 2.75) is 19.9 Å². The minimum absolute atomic E-state index is 0.153. The van der Waals surface area contributed by atoms with Crippen LogP contribution in [0.3, 0.4) is 0 Å². The van der Waals surface area contributed by atoms with Crippen LogP contribution in [0.2, 0.25) is 0 Å². The van der Waals surface area contributed by atoms with Crippen molar-refractivity contribution in [3.8, 4) is 0 Å². The SMILES string of the molecule is Cc1cnc(C(C)n2cn[nH]c2=S)s1. The molecule has 0 aromatic carbocycles. The topological polar surface area (TPSA) is 46.5 Å². The maximum atomic E-state index is 5.09. The molecular formula is C8H10N4S2. The summed E-state index contributed by atoms with van der Waals surface area (Å²) in [6.07, 6.45) is 3.57. The average molecular weight is 226 g/mol. The number of H-pyrrole nitrogens is 1. The molecule has 2 aromatic rings. The molecule has 1 atom stereocenters. The van der Waals surface area contributed by atoms with Gasteiger partial charge in [0.1, 0.15) is 11.3 Å². The zero-order valence-corrected chi connectivity index (χ0v) is 9.52. The predicted octanol–water partition coefficient (Wildman–Crippen LogP) is 2.31. The lowest BCUT2D eigenvalue weighted by atomic mass is 10.3. The molecule has 74 valence electrons. The molecule has 6 heteroatoms. The molecule has 14 heavy (non-hydrogen) atoms. The van der Waals surface area contributed by atoms with Gasteiger partial charge in [-0.3, -0.25) is 9.67 Å². The Morgan fingerprint density at radius 3 is 2.93 bits per heavy atom. The zero-order valence-electron chi connectivity index (χ0n) is 7.89. The number of hydrogen-bond donors (Lipinski definition) is 1. The third-order valence-corrected chi connectivity index (χ3v) is 3.38. The first-order valence-electron chi connectivity index (χ1n) is 4.22. The highest BCUT2D eigenvalue weighted by Gasteiger charge is 2.11. The van der Waals surface area contributed by atoms with Crippen LogP contribution < -0.4 is 0 Å². The number of aromatic nitrogens is 4. The maximum absolute atomic E-state index is 5.09. The van der Waals surface area contributed by atoms with E-state index in [1.165, 1.54) is 4.88 Å². The van der Waals surface area contributed by atoms with Gasteiger partial charge in [0, 0.05) is 11.1 Å². The number of nitrogens with one attached hydrogen (secondary N) is 1. The van der Waals surface area contributed by atoms with Crippen LogP contribution in [0.15, 0.2) is 12.5 Å². The zero-order chi connectivity index (χ0) is 10.1. The molecule has 2 heterocycles. The lowest BCUT2D eigenvalue weighted by molar-refractivity contribution is 0.624. The molecule has 0 fully saturated rings. The molecule has 1 unspecified atom stereocenters. The Labute approximate surface area is 90.6 Å². The van der Waals surface area contributed by atoms with E-state index in [2.05, 4.69) is 22.1 Å². The lowest BCUT2D eigenvalue weighted by Gasteiger charge is -2.07. The summed E-state index contributed by atoms with van der Waals surface area (Å²) in [5.74, 6) is 0. The van der Waals surface area contributed by atoms with E-state index in [9.17, 15) is 0 Å². The summed E-state index contributed by atoms with van der Waals surface area (Å²) in [6.45, 7) is 4.10. The van der Waals surface area contributed by atoms with Gasteiger partial charge in [0.05, 0.1) is 6.04 Å². The molecule has 0 spiro atoms. The third-order valence-electron chi connectivity index (χ3n) is 1.99. The summed E-state index contributed by atoms with van der Waals surface area (Å²) in [5.41, 5.74) is 0. The van der Waals surface area contributed by atoms with Gasteiger partial charge in [-0.2, -0.15) is 5.10 Å². The molecule has 4 nitrogen and oxygen atoms in total. The summed E-state index contributed by atoms with van der Waals surface area (Å²) in [7, 11) is 0. The first-order chi connectivity index (χ1) is 6.68. The van der Waals surface area contributed by atoms with Gasteiger partial charge in [0.25, 0.3) is 0 Å². The number of thiazole rings is 1. The van der Waals surface area contributed by atoms with E-state index in [1.807, 2.05) is 17.7 Å². The van der Waals surface area contributed by atoms with Crippen LogP contribution in [0.4, 0.5) is 0 Å². The molecule has 1 N–H and O–H groups in total. The first kappa shape index (κ1) is 9.54. The minimum atomic E-state index is 0.153. The Kier molecular flexibility index (Phi) is 2.47. The van der Waals surface area contributed by atoms with Crippen molar-refractivity contribution in [3.05, 3.63) is 27.2 Å². The highest BCUT2D eigenvalue weighted by Crippen LogP contribution is 2.22. The summed E-state index contributed by atoms with van der Waals surface area (Å²) in [5, 5.41) is 7.67. The number of rotatable bonds is 2. The van der Waals surface area contributed by atoms with Crippen molar-refractivity contribution in [2.24, 2.45) is 0 Å². The standard InChI is InChI=1S/C8H10N4S2/c1-5-3-9-7(14-5)6(2)12-4-10-11-8(12)13/h3-4,6H,1-2H3,(H,11,13). The Hall–Kier alpha value is -1.01. The highest BCUT2D eigenvalue weighted by molar-refractivity contribution is 7.71. The average Bonchev–Trinajstić information content (AvgIpc) is 2.73. The van der Waals surface area contributed by atoms with Gasteiger partial charge in [-0.15, -0.1) is 11.3 Å². The summed E-state index contributed by atoms with van der Waals surface area (Å²) < 4.78 is 2.53. The van der Waals surface area contributed by atoms with E-state index >= 15 is 0 Å². The smallest absolute Gasteiger partial charge is 0.195 e. The van der Waals surface area contributed by atoms with Gasteiger partial charge >= 0.3 is 0 Å². The monoisotopic (exact) mass is 226 g/mol. The fourth-order valence-electron chi connectivity index (χ4n) is 1.22. The van der Waals surface area contributed by atoms with Gasteiger partial charge < -0.3 is 0 Å². The largest absolute Gasteiger partial charge is 0.297 e. The second-order valence-corrected chi connectivity index (χ2v) is 4.71. The normalized spacial score (nSPS) is 13.0. The van der Waals surface area contributed by atoms with Gasteiger partial charge in [-0.25, -0.2) is 4.98 Å². The van der Waals surface area contributed by atoms with Crippen molar-refractivity contribution in [3.63, 3.8) is 0 Å². The molecule has 0 aliphatic carbocycles. The quantitative estimate of drug-likeness (QED) is 0.799. The van der Waals surface area contributed by atoms with Crippen LogP contribution in [0.5, 0.6) is 0 Å². The van der Waals surface area contributed by atoms with Crippen LogP contribution in [0, 0.1) is 11.7 Å². The third kappa shape index (κ3) is 1.62. The molecule has 0 aliphatic heterocycles. The summed E-state index contributed by atoms with van der Waals surface area (Å²) in [4.78, 5) is 5.53. The Morgan fingerprint density at radius 1 is 1.64 bits per heavy atom. The van der Waals surface area contributed by atoms with Gasteiger partial charge in [0.2, 0.25) is 0 Å². The summed E-state index contributed by atoms with van der Waals surface area (Å²) >= 11 is 6.77. The molecule has 2 rings (SSSR count). The Balaban J connectivity index is 2.38. The Morgan fingerprint density at radius 2 is 2.43 bits per heavy atom. The minimum Gasteiger partial charge on any atom is -0.297 e. The first-order valence-corrected chi connectivity index (χ1v) is 5.45. The molecule has 0 bridgehead atoms. The second kappa shape index (κ2) is 3.62. The van der Waals surface area contributed by atoms with Crippen molar-refractivity contribution in [1.29, 1.82) is 0 Å². The second-order valence-electron chi connectivity index (χ2n) is 3.05. The van der Waals surface area contributed by atoms with E-state index in [-0.39, 0.29) is 6.04 Å². The van der Waals surface area contributed by atoms with Crippen molar-refractivity contribution >= 4 is 23.6 Å². The van der Waals surface area contributed by atoms with Crippen molar-refractivity contribution < 1.29 is 0 Å². The molecule has 0 radical (unpaired) electrons. The molecule has 0 saturated carbocycles. The molecule has 0 amide bonds. The van der Waals surface area contributed by atoms with Crippen molar-refractivity contribution in [1.82, 2.24) is 19.7 Å². The predicted molar refractivity (Wildman–Crippen MR) is 58.1 cm³/mol. The number of nitrogens with zero attached hydrogens (tertiary/aromatic N) is 3. The summed E-state index contributed by atoms with van der Waals surface area (Å²) in [6, 6.07) is 0.153. The molecule has 0 aliphatic rings. The van der Waals surface area contributed by atoms with E-state index in [0.29, 0.717) is 4.77 Å². The maximum Gasteiger partial charge on any atom is 0.195 e. The number of aromatic amines is 1. The van der Waals surface area contributed by atoms with E-state index in [0.717, 1.165) is 5.01 Å². The van der Waals surface area contributed by atoms with Gasteiger partial charge in [0.15, 0.2) is 4.77 Å². The Bertz CT molecular complexity index is 481. The van der Waals surface area contributed by atoms with E-state index in [4.69, 9.17) is 12.2 Å². The fraction of sp³-hybridized carbons (Fsp3) is 0.375. The van der Waals surface area contributed by atoms with Crippen LogP contribution in [-0.2, 0) is 0 Å². The number of hydrogen-bond acceptors (Lipinski definition) is 4. The van der Waals surface area contributed by atoms with Crippen LogP contribution in [-0.4, -0.2) is 19.7 Å². The van der Waals surface area contributed by atoms with E-state index in [1.54, 1.807) is 17.7 Å². The number of aryl methyl sites for hydroxylation is 1. The fourth-order valence-corrected chi connectivity index (χ4v) is 2.30. The van der Waals surface area contributed by atoms with Crippen LogP contribution >= 0.6 is 23.6 Å². The van der Waals surface area contributed by atoms with Crippen LogP contribution in [0.1, 0.15) is 22.9 Å². The highest BCUT2D eigenvalue weighted by atomic mass is 32.1. The van der Waals surface area contributed by atoms with Gasteiger partial charge in [-0.1, -0.05) is 0 Å². The van der Waals surface area contributed by atoms with Gasteiger partial charge in [-0.05, 0) is 26.1 Å². The van der Waals surface area contributed by atoms with E-state index < -0.39 is 0 Å². The van der Waals surface area contributed by atoms with Crippen molar-refractivity contribution in [2.75, 3.05) is 0 Å².